The number of carbonyl (C=O) groups is 1. The smallest absolute Gasteiger partial charge is 0.336 e. The van der Waals surface area contributed by atoms with E-state index in [0.29, 0.717) is 23.6 Å². The van der Waals surface area contributed by atoms with Gasteiger partial charge >= 0.3 is 11.7 Å². The zero-order valence-electron chi connectivity index (χ0n) is 14.3. The van der Waals surface area contributed by atoms with E-state index in [1.54, 1.807) is 26.3 Å². The number of halogens is 1. The van der Waals surface area contributed by atoms with Gasteiger partial charge in [-0.15, -0.1) is 0 Å². The number of amides is 1. The summed E-state index contributed by atoms with van der Waals surface area (Å²) in [5, 5.41) is 2.56. The minimum absolute atomic E-state index is 0.0218. The van der Waals surface area contributed by atoms with Gasteiger partial charge < -0.3 is 19.5 Å². The van der Waals surface area contributed by atoms with E-state index in [-0.39, 0.29) is 30.8 Å². The highest BCUT2D eigenvalue weighted by atomic mass is 19.1. The number of methoxy groups -OCH3 is 3. The molecule has 1 aliphatic carbocycles. The van der Waals surface area contributed by atoms with Crippen molar-refractivity contribution in [3.63, 3.8) is 0 Å². The lowest BCUT2D eigenvalue weighted by Crippen LogP contribution is -2.50. The summed E-state index contributed by atoms with van der Waals surface area (Å²) < 4.78 is 30.0. The number of rotatable bonds is 5. The molecule has 0 saturated heterocycles. The van der Waals surface area contributed by atoms with Gasteiger partial charge in [-0.05, 0) is 18.8 Å². The topological polar surface area (TPSA) is 112 Å². The normalized spacial score (nSPS) is 26.4. The van der Waals surface area contributed by atoms with E-state index in [9.17, 15) is 18.8 Å². The number of nitrogens with one attached hydrogen (secondary N) is 2. The van der Waals surface area contributed by atoms with Crippen molar-refractivity contribution in [2.45, 2.75) is 31.2 Å². The molecule has 1 heterocycles. The van der Waals surface area contributed by atoms with Gasteiger partial charge in [0.15, 0.2) is 0 Å². The van der Waals surface area contributed by atoms with Crippen molar-refractivity contribution < 1.29 is 23.4 Å². The Hall–Kier alpha value is -2.04. The molecule has 10 heteroatoms. The average Bonchev–Trinajstić information content (AvgIpc) is 2.61. The zero-order chi connectivity index (χ0) is 18.6. The lowest BCUT2D eigenvalue weighted by molar-refractivity contribution is -0.139. The number of aromatic amines is 1. The van der Waals surface area contributed by atoms with Crippen LogP contribution in [-0.2, 0) is 14.2 Å². The highest BCUT2D eigenvalue weighted by Crippen LogP contribution is 2.29. The molecule has 1 saturated carbocycles. The second-order valence-electron chi connectivity index (χ2n) is 5.88. The van der Waals surface area contributed by atoms with E-state index in [1.807, 2.05) is 0 Å². The van der Waals surface area contributed by atoms with Crippen LogP contribution in [0.15, 0.2) is 15.8 Å². The van der Waals surface area contributed by atoms with E-state index in [4.69, 9.17) is 14.2 Å². The molecular formula is C15H22FN3O6. The van der Waals surface area contributed by atoms with Crippen molar-refractivity contribution in [1.82, 2.24) is 14.9 Å². The number of carbonyl (C=O) groups excluding carboxylic acids is 1. The second-order valence-corrected chi connectivity index (χ2v) is 5.88. The third-order valence-electron chi connectivity index (χ3n) is 4.40. The van der Waals surface area contributed by atoms with E-state index in [1.165, 1.54) is 0 Å². The third-order valence-corrected chi connectivity index (χ3v) is 4.40. The quantitative estimate of drug-likeness (QED) is 0.746. The van der Waals surface area contributed by atoms with Gasteiger partial charge in [-0.2, -0.15) is 4.39 Å². The fourth-order valence-electron chi connectivity index (χ4n) is 3.11. The van der Waals surface area contributed by atoms with Crippen molar-refractivity contribution in [2.24, 2.45) is 5.92 Å². The van der Waals surface area contributed by atoms with Crippen LogP contribution in [0.2, 0.25) is 0 Å². The molecule has 1 amide bonds. The van der Waals surface area contributed by atoms with Crippen LogP contribution in [0.3, 0.4) is 0 Å². The first-order valence-electron chi connectivity index (χ1n) is 7.79. The largest absolute Gasteiger partial charge is 0.379 e. The van der Waals surface area contributed by atoms with Crippen molar-refractivity contribution in [3.05, 3.63) is 32.9 Å². The molecule has 140 valence electrons. The minimum atomic E-state index is -1.21. The summed E-state index contributed by atoms with van der Waals surface area (Å²) in [5.41, 5.74) is -2.17. The number of H-pyrrole nitrogens is 1. The van der Waals surface area contributed by atoms with Crippen LogP contribution in [0.25, 0.3) is 0 Å². The van der Waals surface area contributed by atoms with Crippen molar-refractivity contribution in [1.29, 1.82) is 0 Å². The molecule has 25 heavy (non-hydrogen) atoms. The fourth-order valence-corrected chi connectivity index (χ4v) is 3.11. The van der Waals surface area contributed by atoms with Gasteiger partial charge in [-0.3, -0.25) is 9.78 Å². The lowest BCUT2D eigenvalue weighted by atomic mass is 9.83. The van der Waals surface area contributed by atoms with Gasteiger partial charge in [0.05, 0.1) is 18.4 Å². The first-order chi connectivity index (χ1) is 11.9. The predicted molar refractivity (Wildman–Crippen MR) is 85.2 cm³/mol. The highest BCUT2D eigenvalue weighted by molar-refractivity contribution is 5.76. The minimum Gasteiger partial charge on any atom is -0.379 e. The Morgan fingerprint density at radius 2 is 1.84 bits per heavy atom. The van der Waals surface area contributed by atoms with E-state index < -0.39 is 23.1 Å². The number of nitrogens with zero attached hydrogens (tertiary/aromatic N) is 1. The molecule has 0 aliphatic heterocycles. The predicted octanol–water partition coefficient (Wildman–Crippen LogP) is -0.312. The van der Waals surface area contributed by atoms with Crippen LogP contribution < -0.4 is 16.6 Å². The summed E-state index contributed by atoms with van der Waals surface area (Å²) in [6.07, 6.45) is 1.22. The van der Waals surface area contributed by atoms with Crippen molar-refractivity contribution in [2.75, 3.05) is 27.9 Å². The van der Waals surface area contributed by atoms with Gasteiger partial charge in [-0.25, -0.2) is 14.2 Å². The standard InChI is InChI=1S/C15H22FN3O6/c1-23-10-4-8(5-11(24-2)12(10)25-3)6-17-14(21)19-7-9(16)13(20)18-15(19)22/h7-8,10-12H,4-6H2,1-3H3,(H,17,21)(H,18,20,22). The molecule has 2 rings (SSSR count). The van der Waals surface area contributed by atoms with E-state index in [0.717, 1.165) is 0 Å². The van der Waals surface area contributed by atoms with Crippen molar-refractivity contribution >= 4 is 6.03 Å². The Labute approximate surface area is 143 Å². The van der Waals surface area contributed by atoms with E-state index in [2.05, 4.69) is 5.32 Å². The van der Waals surface area contributed by atoms with Crippen LogP contribution in [-0.4, -0.2) is 61.8 Å². The third kappa shape index (κ3) is 4.33. The van der Waals surface area contributed by atoms with Crippen molar-refractivity contribution in [3.8, 4) is 0 Å². The fraction of sp³-hybridized carbons (Fsp3) is 0.667. The molecular weight excluding hydrogens is 337 g/mol. The number of aromatic nitrogens is 2. The zero-order valence-corrected chi connectivity index (χ0v) is 14.3. The van der Waals surface area contributed by atoms with Crippen LogP contribution in [0, 0.1) is 11.7 Å². The molecule has 1 aliphatic rings. The second kappa shape index (κ2) is 8.37. The Morgan fingerprint density at radius 3 is 2.36 bits per heavy atom. The molecule has 0 aromatic carbocycles. The van der Waals surface area contributed by atoms with Gasteiger partial charge in [-0.1, -0.05) is 0 Å². The summed E-state index contributed by atoms with van der Waals surface area (Å²) >= 11 is 0. The Balaban J connectivity index is 2.03. The maximum absolute atomic E-state index is 13.3. The Kier molecular flexibility index (Phi) is 6.45. The summed E-state index contributed by atoms with van der Waals surface area (Å²) in [7, 11) is 4.74. The van der Waals surface area contributed by atoms with Gasteiger partial charge in [0.1, 0.15) is 6.10 Å². The summed E-state index contributed by atoms with van der Waals surface area (Å²) in [6.45, 7) is 0.238. The molecule has 0 spiro atoms. The van der Waals surface area contributed by atoms with E-state index >= 15 is 0 Å². The maximum Gasteiger partial charge on any atom is 0.336 e. The maximum atomic E-state index is 13.3. The molecule has 0 bridgehead atoms. The summed E-state index contributed by atoms with van der Waals surface area (Å²) in [5.74, 6) is -1.19. The number of ether oxygens (including phenoxy) is 3. The molecule has 1 aromatic heterocycles. The van der Waals surface area contributed by atoms with Gasteiger partial charge in [0.25, 0.3) is 5.56 Å². The molecule has 2 unspecified atom stereocenters. The molecule has 1 aromatic rings. The molecule has 1 fully saturated rings. The molecule has 0 radical (unpaired) electrons. The summed E-state index contributed by atoms with van der Waals surface area (Å²) in [4.78, 5) is 36.4. The average molecular weight is 359 g/mol. The van der Waals surface area contributed by atoms with Gasteiger partial charge in [0, 0.05) is 27.9 Å². The highest BCUT2D eigenvalue weighted by Gasteiger charge is 2.38. The van der Waals surface area contributed by atoms with Crippen LogP contribution in [0.4, 0.5) is 9.18 Å². The number of hydrogen-bond acceptors (Lipinski definition) is 6. The first kappa shape index (κ1) is 19.3. The van der Waals surface area contributed by atoms with Crippen LogP contribution in [0.5, 0.6) is 0 Å². The van der Waals surface area contributed by atoms with Crippen LogP contribution in [0.1, 0.15) is 12.8 Å². The first-order valence-corrected chi connectivity index (χ1v) is 7.79. The Morgan fingerprint density at radius 1 is 1.24 bits per heavy atom. The van der Waals surface area contributed by atoms with Gasteiger partial charge in [0.2, 0.25) is 5.82 Å². The lowest BCUT2D eigenvalue weighted by Gasteiger charge is -2.39. The monoisotopic (exact) mass is 359 g/mol. The van der Waals surface area contributed by atoms with Crippen LogP contribution >= 0.6 is 0 Å². The molecule has 9 nitrogen and oxygen atoms in total. The summed E-state index contributed by atoms with van der Waals surface area (Å²) in [6, 6.07) is -0.822. The molecule has 2 atom stereocenters. The SMILES string of the molecule is COC1CC(CNC(=O)n2cc(F)c(=O)[nH]c2=O)CC(OC)C1OC. The Bertz CT molecular complexity index is 704. The number of hydrogen-bond donors (Lipinski definition) is 2. The molecule has 2 N–H and O–H groups in total.